The molecule has 2 unspecified atom stereocenters. The summed E-state index contributed by atoms with van der Waals surface area (Å²) in [5.41, 5.74) is 2.94. The van der Waals surface area contributed by atoms with Gasteiger partial charge in [-0.3, -0.25) is 5.87 Å². The van der Waals surface area contributed by atoms with Gasteiger partial charge in [-0.2, -0.15) is 10.5 Å². The second-order valence-corrected chi connectivity index (χ2v) is 12.7. The first-order valence-electron chi connectivity index (χ1n) is 17.8. The van der Waals surface area contributed by atoms with Crippen molar-refractivity contribution in [2.75, 3.05) is 32.8 Å². The number of aromatic carboxylic acids is 2. The summed E-state index contributed by atoms with van der Waals surface area (Å²) in [6.45, 7) is 18.9. The molecule has 2 aliphatic rings. The number of carboxylic acids is 2. The molecular weight excluding hydrogens is 737 g/mol. The maximum atomic E-state index is 12.5. The molecule has 1 aliphatic carbocycles. The van der Waals surface area contributed by atoms with Crippen LogP contribution in [0.5, 0.6) is 0 Å². The fourth-order valence-corrected chi connectivity index (χ4v) is 6.60. The van der Waals surface area contributed by atoms with Crippen LogP contribution in [-0.2, 0) is 4.74 Å². The average molecular weight is 772 g/mol. The van der Waals surface area contributed by atoms with Gasteiger partial charge in [0.15, 0.2) is 5.70 Å². The molecule has 14 nitrogen and oxygen atoms in total. The van der Waals surface area contributed by atoms with Crippen LogP contribution >= 0.6 is 0 Å². The summed E-state index contributed by atoms with van der Waals surface area (Å²) in [4.78, 5) is 45.7. The summed E-state index contributed by atoms with van der Waals surface area (Å²) in [5.74, 6) is -2.31. The summed E-state index contributed by atoms with van der Waals surface area (Å²) < 4.78 is 5.19. The van der Waals surface area contributed by atoms with Crippen molar-refractivity contribution in [3.05, 3.63) is 169 Å². The standard InChI is InChI=1S/C44H35N8O6/c1-4-58-44(57)52-23-21-51(22-24-52)41-31(7-5-9-35(25-45)39(37(27-47)49-2)29-11-17-33(18-12-29)42(53)54)15-16-32(41)8-6-10-36(26-46)40(38(28-48)50-3)30-13-19-34(20-14-30)43(55)56/h5-14,17-20,35,39H,4,15-16,21-24H2,1H3,(H,53,54)(H,55,56)/q-1. The molecule has 1 amide bonds. The number of nitrogens with zero attached hydrogens (tertiary/aromatic N) is 8. The van der Waals surface area contributed by atoms with Crippen molar-refractivity contribution < 1.29 is 29.3 Å². The zero-order valence-corrected chi connectivity index (χ0v) is 31.3. The second kappa shape index (κ2) is 20.5. The number of carbonyl (C=O) groups is 3. The van der Waals surface area contributed by atoms with E-state index in [9.17, 15) is 45.8 Å². The fourth-order valence-electron chi connectivity index (χ4n) is 6.60. The lowest BCUT2D eigenvalue weighted by Gasteiger charge is -2.37. The lowest BCUT2D eigenvalue weighted by Crippen LogP contribution is -2.48. The summed E-state index contributed by atoms with van der Waals surface area (Å²) in [6.07, 6.45) is 10.8. The number of carbonyl (C=O) groups excluding carboxylic acids is 1. The van der Waals surface area contributed by atoms with E-state index in [0.717, 1.165) is 16.8 Å². The summed E-state index contributed by atoms with van der Waals surface area (Å²) >= 11 is 0. The van der Waals surface area contributed by atoms with Crippen LogP contribution in [0.2, 0.25) is 0 Å². The molecule has 2 N–H and O–H groups in total. The maximum Gasteiger partial charge on any atom is 0.409 e. The highest BCUT2D eigenvalue weighted by molar-refractivity contribution is 5.91. The third kappa shape index (κ3) is 10.1. The quantitative estimate of drug-likeness (QED) is 0.0885. The highest BCUT2D eigenvalue weighted by Crippen LogP contribution is 2.37. The SMILES string of the molecule is [C-]#[N+]C(=C=[N-])C(c1ccc(C(=O)O)cc1)C(C#N)C=CC=C1CCC(C=CC=C(C#N)C(=C(C#N)[N+]#[C-])c2ccc(C(=O)O)cc2)=C1N1CCN(C(=O)OCC)CC1. The molecule has 1 heterocycles. The third-order valence-electron chi connectivity index (χ3n) is 9.39. The summed E-state index contributed by atoms with van der Waals surface area (Å²) in [5, 5.41) is 58.5. The number of hydrogen-bond acceptors (Lipinski definition) is 8. The van der Waals surface area contributed by atoms with Crippen molar-refractivity contribution in [3.63, 3.8) is 0 Å². The molecule has 1 saturated heterocycles. The van der Waals surface area contributed by atoms with Crippen LogP contribution in [0.3, 0.4) is 0 Å². The first-order chi connectivity index (χ1) is 28.0. The van der Waals surface area contributed by atoms with Gasteiger partial charge in [-0.15, -0.1) is 0 Å². The van der Waals surface area contributed by atoms with E-state index in [2.05, 4.69) is 26.7 Å². The molecule has 0 spiro atoms. The van der Waals surface area contributed by atoms with E-state index in [-0.39, 0.29) is 40.3 Å². The van der Waals surface area contributed by atoms with Crippen molar-refractivity contribution in [1.82, 2.24) is 9.80 Å². The molecule has 1 fully saturated rings. The molecule has 2 atom stereocenters. The Kier molecular flexibility index (Phi) is 15.0. The van der Waals surface area contributed by atoms with Crippen LogP contribution < -0.4 is 0 Å². The minimum absolute atomic E-state index is 0.00171. The molecule has 0 aromatic heterocycles. The maximum absolute atomic E-state index is 12.5. The molecule has 1 aliphatic heterocycles. The number of allylic oxidation sites excluding steroid dienone is 12. The summed E-state index contributed by atoms with van der Waals surface area (Å²) in [7, 11) is 0. The molecule has 2 aromatic carbocycles. The van der Waals surface area contributed by atoms with Gasteiger partial charge in [0, 0.05) is 43.4 Å². The number of piperazine rings is 1. The van der Waals surface area contributed by atoms with Gasteiger partial charge in [0.05, 0.1) is 60.6 Å². The average Bonchev–Trinajstić information content (AvgIpc) is 3.65. The first-order valence-corrected chi connectivity index (χ1v) is 17.8. The Hall–Kier alpha value is -8.21. The van der Waals surface area contributed by atoms with Crippen LogP contribution in [0.25, 0.3) is 20.7 Å². The van der Waals surface area contributed by atoms with Crippen molar-refractivity contribution in [3.8, 4) is 18.2 Å². The number of nitriles is 3. The van der Waals surface area contributed by atoms with Crippen LogP contribution in [0, 0.1) is 53.1 Å². The Bertz CT molecular complexity index is 2390. The van der Waals surface area contributed by atoms with Crippen molar-refractivity contribution in [2.24, 2.45) is 5.92 Å². The van der Waals surface area contributed by atoms with Crippen LogP contribution in [0.4, 0.5) is 4.79 Å². The molecule has 4 rings (SSSR count). The number of carboxylic acid groups (broad SMARTS) is 2. The largest absolute Gasteiger partial charge is 0.776 e. The predicted octanol–water partition coefficient (Wildman–Crippen LogP) is 7.51. The number of benzene rings is 2. The van der Waals surface area contributed by atoms with Crippen molar-refractivity contribution >= 4 is 29.5 Å². The number of ether oxygens (including phenoxy) is 1. The monoisotopic (exact) mass is 771 g/mol. The van der Waals surface area contributed by atoms with Gasteiger partial charge in [0.2, 0.25) is 0 Å². The zero-order chi connectivity index (χ0) is 42.2. The highest BCUT2D eigenvalue weighted by Gasteiger charge is 2.29. The third-order valence-corrected chi connectivity index (χ3v) is 9.39. The van der Waals surface area contributed by atoms with Gasteiger partial charge in [-0.25, -0.2) is 29.3 Å². The second-order valence-electron chi connectivity index (χ2n) is 12.7. The van der Waals surface area contributed by atoms with Crippen LogP contribution in [0.1, 0.15) is 57.5 Å². The van der Waals surface area contributed by atoms with Crippen LogP contribution in [0.15, 0.2) is 119 Å². The number of amides is 1. The molecule has 0 bridgehead atoms. The van der Waals surface area contributed by atoms with Gasteiger partial charge < -0.3 is 30.2 Å². The van der Waals surface area contributed by atoms with E-state index in [0.29, 0.717) is 50.1 Å². The van der Waals surface area contributed by atoms with Crippen LogP contribution in [-0.4, -0.2) is 76.7 Å². The fraction of sp³-hybridized carbons (Fsp3) is 0.227. The Morgan fingerprint density at radius 1 is 0.897 bits per heavy atom. The Balaban J connectivity index is 1.75. The highest BCUT2D eigenvalue weighted by atomic mass is 16.6. The Morgan fingerprint density at radius 2 is 1.52 bits per heavy atom. The van der Waals surface area contributed by atoms with Gasteiger partial charge in [0.25, 0.3) is 5.70 Å². The molecule has 288 valence electrons. The lowest BCUT2D eigenvalue weighted by molar-refractivity contribution is 0.0686. The zero-order valence-electron chi connectivity index (χ0n) is 31.3. The Morgan fingerprint density at radius 3 is 2.03 bits per heavy atom. The number of hydrogen-bond donors (Lipinski definition) is 2. The molecule has 0 saturated carbocycles. The van der Waals surface area contributed by atoms with Crippen molar-refractivity contribution in [2.45, 2.75) is 25.7 Å². The van der Waals surface area contributed by atoms with Crippen molar-refractivity contribution in [1.29, 1.82) is 15.8 Å². The minimum Gasteiger partial charge on any atom is -0.776 e. The Labute approximate surface area is 335 Å². The molecule has 2 aromatic rings. The lowest BCUT2D eigenvalue weighted by atomic mass is 9.84. The first kappa shape index (κ1) is 42.5. The molecule has 0 radical (unpaired) electrons. The number of rotatable bonds is 13. The van der Waals surface area contributed by atoms with E-state index >= 15 is 0 Å². The topological polar surface area (TPSA) is 210 Å². The molecule has 58 heavy (non-hydrogen) atoms. The van der Waals surface area contributed by atoms with E-state index in [1.807, 2.05) is 24.1 Å². The van der Waals surface area contributed by atoms with Gasteiger partial charge in [-0.05, 0) is 72.4 Å². The van der Waals surface area contributed by atoms with E-state index in [4.69, 9.17) is 17.9 Å². The van der Waals surface area contributed by atoms with Gasteiger partial charge in [0.1, 0.15) is 0 Å². The van der Waals surface area contributed by atoms with E-state index in [1.165, 1.54) is 54.6 Å². The van der Waals surface area contributed by atoms with Gasteiger partial charge >= 0.3 is 18.0 Å². The van der Waals surface area contributed by atoms with E-state index in [1.54, 1.807) is 30.1 Å². The normalized spacial score (nSPS) is 16.3. The summed E-state index contributed by atoms with van der Waals surface area (Å²) in [6, 6.07) is 17.3. The molecular formula is C44H35N8O6-. The van der Waals surface area contributed by atoms with E-state index < -0.39 is 29.9 Å². The predicted molar refractivity (Wildman–Crippen MR) is 213 cm³/mol. The smallest absolute Gasteiger partial charge is 0.409 e. The molecule has 14 heteroatoms. The minimum atomic E-state index is -1.15. The van der Waals surface area contributed by atoms with Gasteiger partial charge in [-0.1, -0.05) is 54.6 Å².